The fraction of sp³-hybridized carbons (Fsp3) is 0. The molecule has 8 heteroatoms. The second-order valence-electron chi connectivity index (χ2n) is 3.50. The lowest BCUT2D eigenvalue weighted by molar-refractivity contribution is 0.584. The fourth-order valence-corrected chi connectivity index (χ4v) is 1.74. The molecule has 0 aliphatic carbocycles. The Morgan fingerprint density at radius 1 is 1.26 bits per heavy atom. The van der Waals surface area contributed by atoms with E-state index in [2.05, 4.69) is 15.9 Å². The predicted molar refractivity (Wildman–Crippen MR) is 65.0 cm³/mol. The van der Waals surface area contributed by atoms with Crippen molar-refractivity contribution in [2.24, 2.45) is 0 Å². The molecule has 0 radical (unpaired) electrons. The molecule has 0 fully saturated rings. The summed E-state index contributed by atoms with van der Waals surface area (Å²) < 4.78 is 27.6. The molecule has 96 valence electrons. The van der Waals surface area contributed by atoms with E-state index in [1.807, 2.05) is 4.98 Å². The number of nitrogens with zero attached hydrogens (tertiary/aromatic N) is 2. The summed E-state index contributed by atoms with van der Waals surface area (Å²) in [6.45, 7) is 0. The molecule has 5 nitrogen and oxygen atoms in total. The highest BCUT2D eigenvalue weighted by Crippen LogP contribution is 2.21. The van der Waals surface area contributed by atoms with Gasteiger partial charge in [0.15, 0.2) is 0 Å². The molecular weight excluding hydrogens is 324 g/mol. The maximum Gasteiger partial charge on any atom is 0.333 e. The molecule has 0 bridgehead atoms. The molecule has 1 N–H and O–H groups in total. The number of aromatic nitrogens is 2. The molecule has 1 aromatic heterocycles. The first-order valence-electron chi connectivity index (χ1n) is 4.85. The standard InChI is InChI=1S/C11H4BrF2N3O2/c12-6-1-8(14)9(2-7(6)13)17-4-5(3-15)10(18)16-11(17)19/h1-2,4H,(H,16,18,19). The van der Waals surface area contributed by atoms with E-state index in [9.17, 15) is 18.4 Å². The summed E-state index contributed by atoms with van der Waals surface area (Å²) in [5.41, 5.74) is -2.65. The van der Waals surface area contributed by atoms with Crippen LogP contribution in [0, 0.1) is 23.0 Å². The smallest absolute Gasteiger partial charge is 0.273 e. The van der Waals surface area contributed by atoms with E-state index >= 15 is 0 Å². The first-order valence-corrected chi connectivity index (χ1v) is 5.64. The van der Waals surface area contributed by atoms with Crippen LogP contribution in [0.3, 0.4) is 0 Å². The second kappa shape index (κ2) is 4.78. The van der Waals surface area contributed by atoms with Gasteiger partial charge in [0, 0.05) is 12.3 Å². The van der Waals surface area contributed by atoms with Gasteiger partial charge in [-0.1, -0.05) is 0 Å². The first-order chi connectivity index (χ1) is 8.93. The van der Waals surface area contributed by atoms with Gasteiger partial charge >= 0.3 is 5.69 Å². The van der Waals surface area contributed by atoms with Crippen molar-refractivity contribution in [1.82, 2.24) is 9.55 Å². The molecule has 0 unspecified atom stereocenters. The van der Waals surface area contributed by atoms with Gasteiger partial charge in [0.05, 0.1) is 10.2 Å². The van der Waals surface area contributed by atoms with Crippen LogP contribution < -0.4 is 11.2 Å². The summed E-state index contributed by atoms with van der Waals surface area (Å²) in [7, 11) is 0. The molecule has 0 saturated heterocycles. The Balaban J connectivity index is 2.80. The van der Waals surface area contributed by atoms with Crippen molar-refractivity contribution in [3.05, 3.63) is 60.8 Å². The average Bonchev–Trinajstić information content (AvgIpc) is 2.35. The third-order valence-electron chi connectivity index (χ3n) is 2.31. The van der Waals surface area contributed by atoms with Gasteiger partial charge in [-0.2, -0.15) is 5.26 Å². The summed E-state index contributed by atoms with van der Waals surface area (Å²) in [6.07, 6.45) is 0.854. The SMILES string of the molecule is N#Cc1cn(-c2cc(F)c(Br)cc2F)c(=O)[nH]c1=O. The summed E-state index contributed by atoms with van der Waals surface area (Å²) in [4.78, 5) is 24.6. The molecule has 2 aromatic rings. The summed E-state index contributed by atoms with van der Waals surface area (Å²) in [5, 5.41) is 8.69. The van der Waals surface area contributed by atoms with Crippen molar-refractivity contribution in [3.63, 3.8) is 0 Å². The van der Waals surface area contributed by atoms with Crippen LogP contribution >= 0.6 is 15.9 Å². The third-order valence-corrected chi connectivity index (χ3v) is 2.92. The van der Waals surface area contributed by atoms with Crippen LogP contribution in [0.1, 0.15) is 5.56 Å². The number of rotatable bonds is 1. The van der Waals surface area contributed by atoms with Crippen LogP contribution in [-0.2, 0) is 0 Å². The van der Waals surface area contributed by atoms with Crippen LogP contribution in [0.2, 0.25) is 0 Å². The quantitative estimate of drug-likeness (QED) is 0.805. The third kappa shape index (κ3) is 2.32. The predicted octanol–water partition coefficient (Wildman–Crippen LogP) is 1.44. The number of hydrogen-bond acceptors (Lipinski definition) is 3. The van der Waals surface area contributed by atoms with Gasteiger partial charge in [0.1, 0.15) is 23.3 Å². The van der Waals surface area contributed by atoms with E-state index in [0.29, 0.717) is 4.57 Å². The minimum Gasteiger partial charge on any atom is -0.273 e. The molecular formula is C11H4BrF2N3O2. The normalized spacial score (nSPS) is 10.2. The van der Waals surface area contributed by atoms with Crippen molar-refractivity contribution < 1.29 is 8.78 Å². The van der Waals surface area contributed by atoms with Crippen molar-refractivity contribution in [2.75, 3.05) is 0 Å². The van der Waals surface area contributed by atoms with Gasteiger partial charge in [-0.05, 0) is 22.0 Å². The van der Waals surface area contributed by atoms with Crippen LogP contribution in [-0.4, -0.2) is 9.55 Å². The van der Waals surface area contributed by atoms with Gasteiger partial charge in [-0.25, -0.2) is 13.6 Å². The Hall–Kier alpha value is -2.27. The lowest BCUT2D eigenvalue weighted by Crippen LogP contribution is -2.30. The van der Waals surface area contributed by atoms with Crippen molar-refractivity contribution in [1.29, 1.82) is 5.26 Å². The molecule has 19 heavy (non-hydrogen) atoms. The van der Waals surface area contributed by atoms with E-state index < -0.39 is 28.6 Å². The van der Waals surface area contributed by atoms with Crippen molar-refractivity contribution in [2.45, 2.75) is 0 Å². The second-order valence-corrected chi connectivity index (χ2v) is 4.36. The topological polar surface area (TPSA) is 78.7 Å². The van der Waals surface area contributed by atoms with Gasteiger partial charge in [0.2, 0.25) is 0 Å². The van der Waals surface area contributed by atoms with Gasteiger partial charge in [-0.15, -0.1) is 0 Å². The lowest BCUT2D eigenvalue weighted by atomic mass is 10.3. The molecule has 2 rings (SSSR count). The van der Waals surface area contributed by atoms with Crippen molar-refractivity contribution >= 4 is 15.9 Å². The van der Waals surface area contributed by atoms with Crippen molar-refractivity contribution in [3.8, 4) is 11.8 Å². The molecule has 0 spiro atoms. The largest absolute Gasteiger partial charge is 0.333 e. The highest BCUT2D eigenvalue weighted by Gasteiger charge is 2.13. The maximum atomic E-state index is 13.7. The highest BCUT2D eigenvalue weighted by molar-refractivity contribution is 9.10. The van der Waals surface area contributed by atoms with E-state index in [1.165, 1.54) is 0 Å². The van der Waals surface area contributed by atoms with E-state index in [1.54, 1.807) is 6.07 Å². The van der Waals surface area contributed by atoms with Gasteiger partial charge in [0.25, 0.3) is 5.56 Å². The van der Waals surface area contributed by atoms with Crippen LogP contribution in [0.4, 0.5) is 8.78 Å². The lowest BCUT2D eigenvalue weighted by Gasteiger charge is -2.07. The van der Waals surface area contributed by atoms with Gasteiger partial charge < -0.3 is 0 Å². The Kier molecular flexibility index (Phi) is 3.31. The number of hydrogen-bond donors (Lipinski definition) is 1. The summed E-state index contributed by atoms with van der Waals surface area (Å²) in [6, 6.07) is 3.17. The maximum absolute atomic E-state index is 13.7. The molecule has 1 heterocycles. The zero-order valence-corrected chi connectivity index (χ0v) is 10.7. The Labute approximate surface area is 112 Å². The zero-order chi connectivity index (χ0) is 14.2. The Morgan fingerprint density at radius 3 is 2.58 bits per heavy atom. The molecule has 0 aliphatic rings. The van der Waals surface area contributed by atoms with Gasteiger partial charge in [-0.3, -0.25) is 14.3 Å². The highest BCUT2D eigenvalue weighted by atomic mass is 79.9. The molecule has 0 aliphatic heterocycles. The number of nitriles is 1. The van der Waals surface area contributed by atoms with E-state index in [-0.39, 0.29) is 10.0 Å². The Morgan fingerprint density at radius 2 is 1.95 bits per heavy atom. The van der Waals surface area contributed by atoms with Crippen LogP contribution in [0.5, 0.6) is 0 Å². The first kappa shape index (κ1) is 13.2. The molecule has 0 saturated carbocycles. The fourth-order valence-electron chi connectivity index (χ4n) is 1.43. The summed E-state index contributed by atoms with van der Waals surface area (Å²) in [5.74, 6) is -1.67. The molecule has 0 amide bonds. The minimum atomic E-state index is -0.968. The van der Waals surface area contributed by atoms with Crippen LogP contribution in [0.15, 0.2) is 32.4 Å². The Bertz CT molecular complexity index is 820. The number of aromatic amines is 1. The number of benzene rings is 1. The molecule has 1 aromatic carbocycles. The molecule has 0 atom stereocenters. The van der Waals surface area contributed by atoms with E-state index in [4.69, 9.17) is 5.26 Å². The number of H-pyrrole nitrogens is 1. The monoisotopic (exact) mass is 327 g/mol. The summed E-state index contributed by atoms with van der Waals surface area (Å²) >= 11 is 2.80. The number of nitrogens with one attached hydrogen (secondary N) is 1. The van der Waals surface area contributed by atoms with Crippen LogP contribution in [0.25, 0.3) is 5.69 Å². The average molecular weight is 328 g/mol. The number of halogens is 3. The minimum absolute atomic E-state index is 0.105. The van der Waals surface area contributed by atoms with E-state index in [0.717, 1.165) is 18.3 Å². The zero-order valence-electron chi connectivity index (χ0n) is 9.08.